The second-order valence-electron chi connectivity index (χ2n) is 8.55. The average Bonchev–Trinajstić information content (AvgIpc) is 2.87. The first-order valence-corrected chi connectivity index (χ1v) is 12.3. The lowest BCUT2D eigenvalue weighted by Crippen LogP contribution is -2.54. The van der Waals surface area contributed by atoms with Crippen molar-refractivity contribution in [3.05, 3.63) is 87.4 Å². The Balaban J connectivity index is 1.57. The van der Waals surface area contributed by atoms with E-state index in [1.807, 2.05) is 13.8 Å². The summed E-state index contributed by atoms with van der Waals surface area (Å²) in [5.41, 5.74) is 1.27. The van der Waals surface area contributed by atoms with E-state index in [9.17, 15) is 14.4 Å². The summed E-state index contributed by atoms with van der Waals surface area (Å²) >= 11 is 12.1. The van der Waals surface area contributed by atoms with Crippen LogP contribution in [0, 0.1) is 0 Å². The van der Waals surface area contributed by atoms with Crippen LogP contribution in [0.2, 0.25) is 10.0 Å². The zero-order chi connectivity index (χ0) is 27.4. The topological polar surface area (TPSA) is 94.2 Å². The molecule has 196 valence electrons. The van der Waals surface area contributed by atoms with Crippen LogP contribution in [0.15, 0.2) is 66.2 Å². The number of benzene rings is 3. The Morgan fingerprint density at radius 1 is 0.947 bits per heavy atom. The molecule has 0 saturated carbocycles. The molecule has 1 saturated heterocycles. The Morgan fingerprint density at radius 2 is 1.66 bits per heavy atom. The van der Waals surface area contributed by atoms with E-state index in [0.717, 1.165) is 10.5 Å². The van der Waals surface area contributed by atoms with Gasteiger partial charge in [-0.05, 0) is 68.5 Å². The Kier molecular flexibility index (Phi) is 8.24. The van der Waals surface area contributed by atoms with Crippen LogP contribution >= 0.6 is 23.2 Å². The van der Waals surface area contributed by atoms with E-state index in [0.29, 0.717) is 32.9 Å². The summed E-state index contributed by atoms with van der Waals surface area (Å²) in [5.74, 6) is -0.0999. The number of barbiturate groups is 1. The Bertz CT molecular complexity index is 1420. The molecule has 0 radical (unpaired) electrons. The van der Waals surface area contributed by atoms with Gasteiger partial charge in [-0.2, -0.15) is 0 Å². The van der Waals surface area contributed by atoms with Crippen molar-refractivity contribution >= 4 is 52.8 Å². The van der Waals surface area contributed by atoms with E-state index in [2.05, 4.69) is 5.32 Å². The molecule has 4 amide bonds. The molecule has 1 heterocycles. The molecule has 10 heteroatoms. The van der Waals surface area contributed by atoms with Gasteiger partial charge in [-0.15, -0.1) is 0 Å². The van der Waals surface area contributed by atoms with Gasteiger partial charge in [-0.1, -0.05) is 29.3 Å². The van der Waals surface area contributed by atoms with Crippen molar-refractivity contribution in [2.75, 3.05) is 12.0 Å². The molecule has 0 unspecified atom stereocenters. The summed E-state index contributed by atoms with van der Waals surface area (Å²) in [6.45, 7) is 3.90. The first-order valence-electron chi connectivity index (χ1n) is 11.6. The van der Waals surface area contributed by atoms with Crippen molar-refractivity contribution in [2.24, 2.45) is 0 Å². The van der Waals surface area contributed by atoms with Gasteiger partial charge in [-0.25, -0.2) is 9.69 Å². The predicted molar refractivity (Wildman–Crippen MR) is 145 cm³/mol. The molecule has 8 nitrogen and oxygen atoms in total. The zero-order valence-corrected chi connectivity index (χ0v) is 22.3. The molecule has 1 N–H and O–H groups in total. The molecule has 0 bridgehead atoms. The van der Waals surface area contributed by atoms with Crippen molar-refractivity contribution < 1.29 is 28.6 Å². The summed E-state index contributed by atoms with van der Waals surface area (Å²) in [4.78, 5) is 39.5. The lowest BCUT2D eigenvalue weighted by atomic mass is 10.1. The lowest BCUT2D eigenvalue weighted by Gasteiger charge is -2.26. The maximum Gasteiger partial charge on any atom is 0.335 e. The number of halogens is 2. The van der Waals surface area contributed by atoms with Crippen LogP contribution in [-0.2, 0) is 16.2 Å². The number of rotatable bonds is 8. The lowest BCUT2D eigenvalue weighted by molar-refractivity contribution is -0.122. The predicted octanol–water partition coefficient (Wildman–Crippen LogP) is 6.03. The maximum atomic E-state index is 13.3. The highest BCUT2D eigenvalue weighted by Crippen LogP contribution is 2.30. The summed E-state index contributed by atoms with van der Waals surface area (Å²) < 4.78 is 16.9. The van der Waals surface area contributed by atoms with Gasteiger partial charge in [0.25, 0.3) is 11.8 Å². The van der Waals surface area contributed by atoms with Crippen molar-refractivity contribution in [1.29, 1.82) is 0 Å². The van der Waals surface area contributed by atoms with Gasteiger partial charge in [0.15, 0.2) is 0 Å². The number of amides is 4. The number of ether oxygens (including phenoxy) is 3. The van der Waals surface area contributed by atoms with Gasteiger partial charge in [-0.3, -0.25) is 14.9 Å². The minimum atomic E-state index is -0.854. The molecular weight excluding hydrogens is 531 g/mol. The third-order valence-electron chi connectivity index (χ3n) is 5.49. The van der Waals surface area contributed by atoms with Gasteiger partial charge in [0.05, 0.1) is 18.9 Å². The van der Waals surface area contributed by atoms with Crippen LogP contribution in [0.3, 0.4) is 0 Å². The molecule has 38 heavy (non-hydrogen) atoms. The van der Waals surface area contributed by atoms with Crippen molar-refractivity contribution in [3.63, 3.8) is 0 Å². The number of carbonyl (C=O) groups excluding carboxylic acids is 3. The quantitative estimate of drug-likeness (QED) is 0.269. The molecular formula is C28H24Cl2N2O6. The molecule has 3 aromatic carbocycles. The van der Waals surface area contributed by atoms with Gasteiger partial charge < -0.3 is 14.2 Å². The normalized spacial score (nSPS) is 14.6. The first-order chi connectivity index (χ1) is 18.2. The summed E-state index contributed by atoms with van der Waals surface area (Å²) in [6, 6.07) is 15.6. The van der Waals surface area contributed by atoms with E-state index in [1.165, 1.54) is 13.2 Å². The Morgan fingerprint density at radius 3 is 2.32 bits per heavy atom. The Hall–Kier alpha value is -4.01. The summed E-state index contributed by atoms with van der Waals surface area (Å²) in [6.07, 6.45) is 1.23. The number of nitrogens with one attached hydrogen (secondary N) is 1. The molecule has 4 rings (SSSR count). The SMILES string of the molecule is COc1ccc(/C=C2\C(=O)NC(=O)N(c3ccc(OCc4ccc(Cl)cc4Cl)cc3)C2=O)c(OC(C)C)c1. The smallest absolute Gasteiger partial charge is 0.335 e. The number of urea groups is 1. The van der Waals surface area contributed by atoms with E-state index in [-0.39, 0.29) is 24.0 Å². The van der Waals surface area contributed by atoms with Crippen molar-refractivity contribution in [3.8, 4) is 17.2 Å². The van der Waals surface area contributed by atoms with E-state index < -0.39 is 17.8 Å². The first kappa shape index (κ1) is 27.0. The highest BCUT2D eigenvalue weighted by Gasteiger charge is 2.37. The fourth-order valence-corrected chi connectivity index (χ4v) is 4.12. The number of hydrogen-bond acceptors (Lipinski definition) is 6. The molecule has 0 atom stereocenters. The number of carbonyl (C=O) groups is 3. The van der Waals surface area contributed by atoms with Crippen molar-refractivity contribution in [2.45, 2.75) is 26.6 Å². The summed E-state index contributed by atoms with van der Waals surface area (Å²) in [5, 5.41) is 3.22. The molecule has 1 aliphatic heterocycles. The van der Waals surface area contributed by atoms with E-state index in [1.54, 1.807) is 60.7 Å². The molecule has 0 aromatic heterocycles. The number of hydrogen-bond donors (Lipinski definition) is 1. The zero-order valence-electron chi connectivity index (χ0n) is 20.8. The molecule has 0 spiro atoms. The third kappa shape index (κ3) is 6.10. The largest absolute Gasteiger partial charge is 0.497 e. The van der Waals surface area contributed by atoms with Crippen molar-refractivity contribution in [1.82, 2.24) is 5.32 Å². The van der Waals surface area contributed by atoms with E-state index in [4.69, 9.17) is 37.4 Å². The number of imide groups is 2. The second kappa shape index (κ2) is 11.6. The maximum absolute atomic E-state index is 13.3. The van der Waals surface area contributed by atoms with Gasteiger partial charge in [0, 0.05) is 27.2 Å². The minimum absolute atomic E-state index is 0.162. The van der Waals surface area contributed by atoms with Crippen LogP contribution in [0.1, 0.15) is 25.0 Å². The standard InChI is InChI=1S/C28H24Cl2N2O6/c1-16(2)38-25-14-22(36-3)9-5-17(25)12-23-26(33)31-28(35)32(27(23)34)20-7-10-21(11-8-20)37-15-18-4-6-19(29)13-24(18)30/h4-14,16H,15H2,1-3H3,(H,31,33,35)/b23-12+. The molecule has 1 aliphatic rings. The highest BCUT2D eigenvalue weighted by atomic mass is 35.5. The molecule has 0 aliphatic carbocycles. The monoisotopic (exact) mass is 554 g/mol. The van der Waals surface area contributed by atoms with Gasteiger partial charge >= 0.3 is 6.03 Å². The average molecular weight is 555 g/mol. The van der Waals surface area contributed by atoms with Gasteiger partial charge in [0.1, 0.15) is 29.4 Å². The number of methoxy groups -OCH3 is 1. The van der Waals surface area contributed by atoms with Crippen LogP contribution < -0.4 is 24.4 Å². The minimum Gasteiger partial charge on any atom is -0.497 e. The van der Waals surface area contributed by atoms with E-state index >= 15 is 0 Å². The summed E-state index contributed by atoms with van der Waals surface area (Å²) in [7, 11) is 1.53. The van der Waals surface area contributed by atoms with Crippen LogP contribution in [0.4, 0.5) is 10.5 Å². The molecule has 1 fully saturated rings. The van der Waals surface area contributed by atoms with Crippen LogP contribution in [-0.4, -0.2) is 31.1 Å². The van der Waals surface area contributed by atoms with Crippen LogP contribution in [0.5, 0.6) is 17.2 Å². The number of nitrogens with zero attached hydrogens (tertiary/aromatic N) is 1. The second-order valence-corrected chi connectivity index (χ2v) is 9.39. The highest BCUT2D eigenvalue weighted by molar-refractivity contribution is 6.39. The van der Waals surface area contributed by atoms with Crippen LogP contribution in [0.25, 0.3) is 6.08 Å². The number of anilines is 1. The third-order valence-corrected chi connectivity index (χ3v) is 6.08. The van der Waals surface area contributed by atoms with Gasteiger partial charge in [0.2, 0.25) is 0 Å². The fraction of sp³-hybridized carbons (Fsp3) is 0.179. The molecule has 3 aromatic rings. The Labute approximate surface area is 229 Å². The fourth-order valence-electron chi connectivity index (χ4n) is 3.66.